The minimum absolute atomic E-state index is 0.334. The van der Waals surface area contributed by atoms with Crippen molar-refractivity contribution in [3.8, 4) is 11.5 Å². The number of halogens is 1. The summed E-state index contributed by atoms with van der Waals surface area (Å²) in [6.07, 6.45) is 1.69. The maximum atomic E-state index is 9.85. The number of phenolic OH excluding ortho intramolecular Hbond substituents is 1. The highest BCUT2D eigenvalue weighted by atomic mass is 35.5. The predicted molar refractivity (Wildman–Crippen MR) is 82.6 cm³/mol. The molecule has 0 heterocycles. The van der Waals surface area contributed by atoms with Crippen LogP contribution < -0.4 is 4.74 Å². The molecule has 0 aliphatic heterocycles. The van der Waals surface area contributed by atoms with Gasteiger partial charge in [-0.15, -0.1) is 0 Å². The quantitative estimate of drug-likeness (QED) is 0.861. The number of benzene rings is 2. The molecular weight excluding hydrogens is 272 g/mol. The largest absolute Gasteiger partial charge is 0.508 e. The Hall–Kier alpha value is -1.67. The van der Waals surface area contributed by atoms with E-state index in [2.05, 4.69) is 6.92 Å². The van der Waals surface area contributed by atoms with E-state index in [9.17, 15) is 5.11 Å². The van der Waals surface area contributed by atoms with Gasteiger partial charge in [-0.1, -0.05) is 37.6 Å². The van der Waals surface area contributed by atoms with Gasteiger partial charge in [0.1, 0.15) is 18.1 Å². The van der Waals surface area contributed by atoms with Gasteiger partial charge in [-0.3, -0.25) is 0 Å². The Bertz CT molecular complexity index is 594. The van der Waals surface area contributed by atoms with Crippen molar-refractivity contribution in [1.29, 1.82) is 0 Å². The highest BCUT2D eigenvalue weighted by Gasteiger charge is 2.05. The molecule has 1 N–H and O–H groups in total. The lowest BCUT2D eigenvalue weighted by Crippen LogP contribution is -1.98. The van der Waals surface area contributed by atoms with E-state index in [1.165, 1.54) is 0 Å². The Morgan fingerprint density at radius 3 is 2.40 bits per heavy atom. The fraction of sp³-hybridized carbons (Fsp3) is 0.294. The van der Waals surface area contributed by atoms with Gasteiger partial charge in [0.05, 0.1) is 0 Å². The Kier molecular flexibility index (Phi) is 4.91. The molecule has 2 aromatic carbocycles. The number of hydrogen-bond donors (Lipinski definition) is 1. The first-order chi connectivity index (χ1) is 9.63. The number of ether oxygens (including phenoxy) is 1. The molecule has 0 fully saturated rings. The molecule has 2 rings (SSSR count). The molecule has 3 heteroatoms. The third kappa shape index (κ3) is 3.45. The molecule has 2 nitrogen and oxygen atoms in total. The fourth-order valence-corrected chi connectivity index (χ4v) is 2.32. The smallest absolute Gasteiger partial charge is 0.123 e. The second kappa shape index (κ2) is 6.67. The zero-order valence-electron chi connectivity index (χ0n) is 11.8. The summed E-state index contributed by atoms with van der Waals surface area (Å²) in [7, 11) is 0. The molecule has 0 saturated heterocycles. The topological polar surface area (TPSA) is 29.5 Å². The molecule has 0 aliphatic rings. The number of aromatic hydroxyl groups is 1. The van der Waals surface area contributed by atoms with Crippen molar-refractivity contribution in [2.75, 3.05) is 0 Å². The van der Waals surface area contributed by atoms with E-state index in [1.807, 2.05) is 37.3 Å². The number of hydrogen-bond acceptors (Lipinski definition) is 2. The summed E-state index contributed by atoms with van der Waals surface area (Å²) in [6.45, 7) is 4.53. The molecule has 106 valence electrons. The number of phenols is 1. The van der Waals surface area contributed by atoms with Crippen molar-refractivity contribution >= 4 is 11.6 Å². The first-order valence-electron chi connectivity index (χ1n) is 6.86. The molecule has 0 atom stereocenters. The van der Waals surface area contributed by atoms with Crippen molar-refractivity contribution in [1.82, 2.24) is 0 Å². The van der Waals surface area contributed by atoms with Crippen molar-refractivity contribution in [2.24, 2.45) is 0 Å². The molecular formula is C17H19ClO2. The lowest BCUT2D eigenvalue weighted by atomic mass is 10.1. The van der Waals surface area contributed by atoms with Crippen LogP contribution in [-0.4, -0.2) is 5.11 Å². The van der Waals surface area contributed by atoms with Crippen molar-refractivity contribution in [3.63, 3.8) is 0 Å². The first-order valence-corrected chi connectivity index (χ1v) is 7.23. The lowest BCUT2D eigenvalue weighted by Gasteiger charge is -2.12. The maximum absolute atomic E-state index is 9.85. The molecule has 0 bridgehead atoms. The first kappa shape index (κ1) is 14.7. The average Bonchev–Trinajstić information content (AvgIpc) is 2.46. The van der Waals surface area contributed by atoms with Crippen LogP contribution in [0.5, 0.6) is 11.5 Å². The van der Waals surface area contributed by atoms with Crippen LogP contribution in [0.2, 0.25) is 5.02 Å². The fourth-order valence-electron chi connectivity index (χ4n) is 2.12. The summed E-state index contributed by atoms with van der Waals surface area (Å²) < 4.78 is 5.83. The van der Waals surface area contributed by atoms with E-state index in [-0.39, 0.29) is 0 Å². The minimum atomic E-state index is 0.334. The van der Waals surface area contributed by atoms with E-state index >= 15 is 0 Å². The van der Waals surface area contributed by atoms with Crippen LogP contribution >= 0.6 is 11.6 Å². The number of rotatable bonds is 5. The van der Waals surface area contributed by atoms with Gasteiger partial charge in [0, 0.05) is 5.02 Å². The van der Waals surface area contributed by atoms with Gasteiger partial charge in [-0.2, -0.15) is 0 Å². The molecule has 2 aromatic rings. The third-order valence-corrected chi connectivity index (χ3v) is 3.56. The average molecular weight is 291 g/mol. The molecule has 0 unspecified atom stereocenters. The SMILES string of the molecule is CCc1ccc(COc2ccc(Cl)cc2CC)cc1O. The number of aryl methyl sites for hydroxylation is 2. The third-order valence-electron chi connectivity index (χ3n) is 3.33. The predicted octanol–water partition coefficient (Wildman–Crippen LogP) is 4.75. The van der Waals surface area contributed by atoms with Crippen LogP contribution in [0.25, 0.3) is 0 Å². The van der Waals surface area contributed by atoms with Gasteiger partial charge in [-0.05, 0) is 53.8 Å². The molecule has 20 heavy (non-hydrogen) atoms. The van der Waals surface area contributed by atoms with Crippen molar-refractivity contribution < 1.29 is 9.84 Å². The Labute approximate surface area is 125 Å². The van der Waals surface area contributed by atoms with Gasteiger partial charge in [0.15, 0.2) is 0 Å². The van der Waals surface area contributed by atoms with Crippen LogP contribution in [0.3, 0.4) is 0 Å². The summed E-state index contributed by atoms with van der Waals surface area (Å²) >= 11 is 5.98. The lowest BCUT2D eigenvalue weighted by molar-refractivity contribution is 0.302. The van der Waals surface area contributed by atoms with Gasteiger partial charge >= 0.3 is 0 Å². The zero-order chi connectivity index (χ0) is 14.5. The standard InChI is InChI=1S/C17H19ClO2/c1-3-13-6-5-12(9-16(13)19)11-20-17-8-7-15(18)10-14(17)4-2/h5-10,19H,3-4,11H2,1-2H3. The van der Waals surface area contributed by atoms with Gasteiger partial charge < -0.3 is 9.84 Å². The summed E-state index contributed by atoms with van der Waals surface area (Å²) in [5.74, 6) is 1.18. The summed E-state index contributed by atoms with van der Waals surface area (Å²) in [5.41, 5.74) is 3.00. The Morgan fingerprint density at radius 2 is 1.75 bits per heavy atom. The van der Waals surface area contributed by atoms with Crippen LogP contribution in [0.15, 0.2) is 36.4 Å². The molecule has 0 aliphatic carbocycles. The van der Waals surface area contributed by atoms with Crippen molar-refractivity contribution in [2.45, 2.75) is 33.3 Å². The van der Waals surface area contributed by atoms with E-state index in [0.717, 1.165) is 40.3 Å². The van der Waals surface area contributed by atoms with Crippen LogP contribution in [-0.2, 0) is 19.4 Å². The Morgan fingerprint density at radius 1 is 1.00 bits per heavy atom. The second-order valence-corrected chi connectivity index (χ2v) is 5.15. The summed E-state index contributed by atoms with van der Waals surface area (Å²) in [4.78, 5) is 0. The van der Waals surface area contributed by atoms with Crippen LogP contribution in [0, 0.1) is 0 Å². The summed E-state index contributed by atoms with van der Waals surface area (Å²) in [5, 5.41) is 10.6. The van der Waals surface area contributed by atoms with Gasteiger partial charge in [-0.25, -0.2) is 0 Å². The monoisotopic (exact) mass is 290 g/mol. The second-order valence-electron chi connectivity index (χ2n) is 4.71. The van der Waals surface area contributed by atoms with E-state index < -0.39 is 0 Å². The Balaban J connectivity index is 2.10. The molecule has 0 saturated carbocycles. The molecule has 0 aromatic heterocycles. The van der Waals surface area contributed by atoms with Gasteiger partial charge in [0.25, 0.3) is 0 Å². The highest BCUT2D eigenvalue weighted by Crippen LogP contribution is 2.25. The van der Waals surface area contributed by atoms with E-state index in [4.69, 9.17) is 16.3 Å². The van der Waals surface area contributed by atoms with Gasteiger partial charge in [0.2, 0.25) is 0 Å². The minimum Gasteiger partial charge on any atom is -0.508 e. The van der Waals surface area contributed by atoms with Crippen molar-refractivity contribution in [3.05, 3.63) is 58.1 Å². The maximum Gasteiger partial charge on any atom is 0.123 e. The normalized spacial score (nSPS) is 10.6. The highest BCUT2D eigenvalue weighted by molar-refractivity contribution is 6.30. The molecule has 0 amide bonds. The summed E-state index contributed by atoms with van der Waals surface area (Å²) in [6, 6.07) is 11.3. The van der Waals surface area contributed by atoms with Crippen LogP contribution in [0.1, 0.15) is 30.5 Å². The molecule has 0 spiro atoms. The van der Waals surface area contributed by atoms with E-state index in [0.29, 0.717) is 12.4 Å². The van der Waals surface area contributed by atoms with E-state index in [1.54, 1.807) is 6.07 Å². The van der Waals surface area contributed by atoms with Crippen LogP contribution in [0.4, 0.5) is 0 Å². The molecule has 0 radical (unpaired) electrons. The zero-order valence-corrected chi connectivity index (χ0v) is 12.6.